The molecule has 140 valence electrons. The minimum atomic E-state index is -0.517. The highest BCUT2D eigenvalue weighted by atomic mass is 32.1. The van der Waals surface area contributed by atoms with Crippen LogP contribution in [0.4, 0.5) is 10.1 Å². The largest absolute Gasteiger partial charge is 0.325 e. The van der Waals surface area contributed by atoms with Gasteiger partial charge in [0.15, 0.2) is 5.82 Å². The molecule has 0 aliphatic carbocycles. The Hall–Kier alpha value is -2.65. The Balaban J connectivity index is 1.62. The topological polar surface area (TPSA) is 98.7 Å². The van der Waals surface area contributed by atoms with Crippen molar-refractivity contribution in [1.82, 2.24) is 19.7 Å². The zero-order valence-electron chi connectivity index (χ0n) is 14.6. The van der Waals surface area contributed by atoms with Gasteiger partial charge in [-0.3, -0.25) is 4.79 Å². The summed E-state index contributed by atoms with van der Waals surface area (Å²) >= 11 is 1.30. The van der Waals surface area contributed by atoms with Crippen LogP contribution in [0, 0.1) is 5.82 Å². The fraction of sp³-hybridized carbons (Fsp3) is 0.333. The van der Waals surface area contributed by atoms with Crippen molar-refractivity contribution >= 4 is 22.9 Å². The maximum atomic E-state index is 14.3. The van der Waals surface area contributed by atoms with Crippen LogP contribution < -0.4 is 11.1 Å². The first-order valence-corrected chi connectivity index (χ1v) is 9.71. The van der Waals surface area contributed by atoms with Gasteiger partial charge in [-0.05, 0) is 31.0 Å². The first kappa shape index (κ1) is 17.7. The number of carbonyl (C=O) groups is 1. The Labute approximate surface area is 159 Å². The number of hydrogen-bond acceptors (Lipinski definition) is 6. The van der Waals surface area contributed by atoms with Crippen LogP contribution in [0.5, 0.6) is 0 Å². The summed E-state index contributed by atoms with van der Waals surface area (Å²) in [5.74, 6) is 0.662. The molecule has 0 unspecified atom stereocenters. The molecule has 1 aromatic carbocycles. The van der Waals surface area contributed by atoms with Crippen LogP contribution in [-0.4, -0.2) is 25.7 Å². The Morgan fingerprint density at radius 1 is 1.30 bits per heavy atom. The van der Waals surface area contributed by atoms with Crippen LogP contribution in [0.3, 0.4) is 0 Å². The number of halogens is 1. The van der Waals surface area contributed by atoms with Crippen LogP contribution in [0.1, 0.15) is 40.6 Å². The molecule has 1 aliphatic heterocycles. The van der Waals surface area contributed by atoms with Crippen molar-refractivity contribution in [2.24, 2.45) is 5.73 Å². The smallest absolute Gasteiger partial charge is 0.275 e. The number of aromatic nitrogens is 4. The molecule has 3 aromatic rings. The Morgan fingerprint density at radius 3 is 3.00 bits per heavy atom. The molecule has 3 N–H and O–H groups in total. The second-order valence-electron chi connectivity index (χ2n) is 6.38. The van der Waals surface area contributed by atoms with Gasteiger partial charge in [0.2, 0.25) is 0 Å². The number of fused-ring (bicyclic) bond motifs is 1. The van der Waals surface area contributed by atoms with Gasteiger partial charge in [-0.1, -0.05) is 6.42 Å². The summed E-state index contributed by atoms with van der Waals surface area (Å²) < 4.78 is 16.4. The number of nitrogens with two attached hydrogens (primary N) is 1. The van der Waals surface area contributed by atoms with Gasteiger partial charge < -0.3 is 15.6 Å². The lowest BCUT2D eigenvalue weighted by atomic mass is 10.1. The highest BCUT2D eigenvalue weighted by Crippen LogP contribution is 2.27. The minimum absolute atomic E-state index is 0.0887. The third-order valence-electron chi connectivity index (χ3n) is 4.54. The van der Waals surface area contributed by atoms with E-state index in [4.69, 9.17) is 5.73 Å². The molecular weight excluding hydrogens is 367 g/mol. The van der Waals surface area contributed by atoms with E-state index in [-0.39, 0.29) is 17.9 Å². The summed E-state index contributed by atoms with van der Waals surface area (Å²) in [6, 6.07) is 4.57. The van der Waals surface area contributed by atoms with E-state index in [9.17, 15) is 9.18 Å². The highest BCUT2D eigenvalue weighted by Gasteiger charge is 2.18. The van der Waals surface area contributed by atoms with Crippen molar-refractivity contribution in [3.05, 3.63) is 45.9 Å². The van der Waals surface area contributed by atoms with Crippen LogP contribution in [0.2, 0.25) is 0 Å². The number of rotatable bonds is 4. The zero-order valence-corrected chi connectivity index (χ0v) is 15.4. The van der Waals surface area contributed by atoms with Gasteiger partial charge >= 0.3 is 0 Å². The average molecular weight is 386 g/mol. The molecule has 2 aromatic heterocycles. The van der Waals surface area contributed by atoms with E-state index in [1.165, 1.54) is 17.4 Å². The lowest BCUT2D eigenvalue weighted by molar-refractivity contribution is 0.102. The lowest BCUT2D eigenvalue weighted by Crippen LogP contribution is -2.14. The molecule has 0 fully saturated rings. The number of anilines is 1. The van der Waals surface area contributed by atoms with Crippen molar-refractivity contribution in [2.45, 2.75) is 38.8 Å². The summed E-state index contributed by atoms with van der Waals surface area (Å²) in [5.41, 5.74) is 6.55. The minimum Gasteiger partial charge on any atom is -0.325 e. The van der Waals surface area contributed by atoms with E-state index in [0.29, 0.717) is 16.4 Å². The predicted octanol–water partition coefficient (Wildman–Crippen LogP) is 2.98. The van der Waals surface area contributed by atoms with Gasteiger partial charge in [0.25, 0.3) is 5.91 Å². The average Bonchev–Trinajstić information content (AvgIpc) is 3.25. The highest BCUT2D eigenvalue weighted by molar-refractivity contribution is 7.09. The van der Waals surface area contributed by atoms with E-state index < -0.39 is 11.7 Å². The third kappa shape index (κ3) is 3.60. The van der Waals surface area contributed by atoms with Crippen molar-refractivity contribution in [2.75, 3.05) is 5.32 Å². The van der Waals surface area contributed by atoms with Gasteiger partial charge in [0.1, 0.15) is 22.3 Å². The van der Waals surface area contributed by atoms with Gasteiger partial charge in [-0.25, -0.2) is 9.37 Å². The molecule has 3 heterocycles. The maximum Gasteiger partial charge on any atom is 0.275 e. The van der Waals surface area contributed by atoms with E-state index in [1.807, 2.05) is 0 Å². The molecule has 27 heavy (non-hydrogen) atoms. The first-order chi connectivity index (χ1) is 13.2. The van der Waals surface area contributed by atoms with Crippen LogP contribution in [0.15, 0.2) is 23.6 Å². The molecule has 1 aliphatic rings. The molecular formula is C18H19FN6OS. The number of nitrogens with one attached hydrogen (secondary N) is 1. The second kappa shape index (κ2) is 7.53. The van der Waals surface area contributed by atoms with Crippen molar-refractivity contribution in [3.63, 3.8) is 0 Å². The first-order valence-electron chi connectivity index (χ1n) is 8.83. The van der Waals surface area contributed by atoms with Gasteiger partial charge in [-0.2, -0.15) is 0 Å². The van der Waals surface area contributed by atoms with Crippen molar-refractivity contribution in [3.8, 4) is 11.4 Å². The molecule has 1 amide bonds. The molecule has 0 atom stereocenters. The maximum absolute atomic E-state index is 14.3. The molecule has 0 saturated heterocycles. The van der Waals surface area contributed by atoms with Gasteiger partial charge in [0, 0.05) is 30.5 Å². The number of aryl methyl sites for hydroxylation is 1. The van der Waals surface area contributed by atoms with Gasteiger partial charge in [-0.15, -0.1) is 21.5 Å². The molecule has 0 bridgehead atoms. The predicted molar refractivity (Wildman–Crippen MR) is 101 cm³/mol. The van der Waals surface area contributed by atoms with Crippen molar-refractivity contribution in [1.29, 1.82) is 0 Å². The molecule has 4 rings (SSSR count). The van der Waals surface area contributed by atoms with Crippen LogP contribution in [-0.2, 0) is 19.5 Å². The third-order valence-corrected chi connectivity index (χ3v) is 5.41. The number of hydrogen-bond donors (Lipinski definition) is 2. The summed E-state index contributed by atoms with van der Waals surface area (Å²) in [4.78, 5) is 16.5. The zero-order chi connectivity index (χ0) is 18.8. The number of carbonyl (C=O) groups excluding carboxylic acids is 1. The Kier molecular flexibility index (Phi) is 4.95. The second-order valence-corrected chi connectivity index (χ2v) is 7.32. The molecule has 0 radical (unpaired) electrons. The van der Waals surface area contributed by atoms with Crippen LogP contribution >= 0.6 is 11.3 Å². The quantitative estimate of drug-likeness (QED) is 0.718. The molecule has 0 saturated carbocycles. The van der Waals surface area contributed by atoms with E-state index in [0.717, 1.165) is 38.1 Å². The fourth-order valence-electron chi connectivity index (χ4n) is 3.15. The molecule has 7 nitrogen and oxygen atoms in total. The SMILES string of the molecule is NCc1nc(C(=O)Nc2cc(-c3nnc4n3CCCCC4)ccc2F)cs1. The van der Waals surface area contributed by atoms with Gasteiger partial charge in [0.05, 0.1) is 5.69 Å². The van der Waals surface area contributed by atoms with Crippen molar-refractivity contribution < 1.29 is 9.18 Å². The van der Waals surface area contributed by atoms with E-state index in [2.05, 4.69) is 25.1 Å². The Bertz CT molecular complexity index is 982. The lowest BCUT2D eigenvalue weighted by Gasteiger charge is -2.10. The monoisotopic (exact) mass is 386 g/mol. The summed E-state index contributed by atoms with van der Waals surface area (Å²) in [5, 5.41) is 13.4. The number of nitrogens with zero attached hydrogens (tertiary/aromatic N) is 4. The number of benzene rings is 1. The standard InChI is InChI=1S/C18H19FN6OS/c19-12-6-5-11(17-24-23-15-4-2-1-3-7-25(15)17)8-13(12)22-18(26)14-10-27-16(9-20)21-14/h5-6,8,10H,1-4,7,9,20H2,(H,22,26). The van der Waals surface area contributed by atoms with Crippen LogP contribution in [0.25, 0.3) is 11.4 Å². The summed E-state index contributed by atoms with van der Waals surface area (Å²) in [6.07, 6.45) is 4.22. The number of thiazole rings is 1. The Morgan fingerprint density at radius 2 is 2.19 bits per heavy atom. The fourth-order valence-corrected chi connectivity index (χ4v) is 3.81. The van der Waals surface area contributed by atoms with E-state index >= 15 is 0 Å². The van der Waals surface area contributed by atoms with E-state index in [1.54, 1.807) is 17.5 Å². The summed E-state index contributed by atoms with van der Waals surface area (Å²) in [6.45, 7) is 1.11. The molecule has 9 heteroatoms. The normalized spacial score (nSPS) is 13.9. The number of amides is 1. The molecule has 0 spiro atoms. The summed E-state index contributed by atoms with van der Waals surface area (Å²) in [7, 11) is 0.